The zero-order valence-corrected chi connectivity index (χ0v) is 46.7. The minimum absolute atomic E-state index is 0.298. The summed E-state index contributed by atoms with van der Waals surface area (Å²) < 4.78 is 13.5. The Morgan fingerprint density at radius 2 is 0.525 bits per heavy atom. The van der Waals surface area contributed by atoms with E-state index in [1.807, 2.05) is 0 Å². The van der Waals surface area contributed by atoms with Crippen LogP contribution in [0.2, 0.25) is 0 Å². The van der Waals surface area contributed by atoms with E-state index >= 15 is 0 Å². The van der Waals surface area contributed by atoms with Gasteiger partial charge in [-0.15, -0.1) is 0 Å². The number of hydrogen-bond acceptors (Lipinski definition) is 4. The Hall–Kier alpha value is -9.12. The molecule has 0 spiro atoms. The van der Waals surface area contributed by atoms with Crippen LogP contribution in [0.25, 0.3) is 143 Å². The van der Waals surface area contributed by atoms with Crippen LogP contribution in [0.5, 0.6) is 0 Å². The molecule has 0 atom stereocenters. The fraction of sp³-hybridized carbons (Fsp3) is 0.158. The number of benzene rings is 11. The van der Waals surface area contributed by atoms with Crippen molar-refractivity contribution in [1.82, 2.24) is 9.97 Å². The van der Waals surface area contributed by atoms with Crippen LogP contribution in [0.4, 0.5) is 0 Å². The minimum atomic E-state index is 0.298. The largest absolute Gasteiger partial charge is 0.455 e. The molecule has 14 aromatic rings. The van der Waals surface area contributed by atoms with Gasteiger partial charge in [-0.1, -0.05) is 189 Å². The van der Waals surface area contributed by atoms with Gasteiger partial charge >= 0.3 is 0 Å². The number of furan rings is 2. The molecule has 80 heavy (non-hydrogen) atoms. The zero-order chi connectivity index (χ0) is 54.5. The van der Waals surface area contributed by atoms with Crippen molar-refractivity contribution in [3.8, 4) is 66.8 Å². The lowest BCUT2D eigenvalue weighted by Gasteiger charge is -2.14. The summed E-state index contributed by atoms with van der Waals surface area (Å²) in [7, 11) is 0. The molecule has 14 rings (SSSR count). The first-order valence-electron chi connectivity index (χ1n) is 28.4. The van der Waals surface area contributed by atoms with Crippen LogP contribution in [-0.4, -0.2) is 9.97 Å². The SMILES string of the molecule is CC(C)c1cccc2c1oc1c(C(C)C)cc(-c3cccc(-c4cccc(-c5ccc6c(c5)c5cc(-c7cccc(-c8cccc(-c9cc(C(C)C)c%10oc%11c(C(C)C)cccc%11c%10c9)c8)c7)ccc5c5nccnc65)c4)c3)cc12. The van der Waals surface area contributed by atoms with E-state index in [2.05, 4.69) is 250 Å². The second-order valence-electron chi connectivity index (χ2n) is 23.3. The molecule has 0 aliphatic heterocycles. The van der Waals surface area contributed by atoms with Crippen LogP contribution in [0.1, 0.15) is 101 Å². The summed E-state index contributed by atoms with van der Waals surface area (Å²) in [6.07, 6.45) is 3.61. The Balaban J connectivity index is 0.826. The molecule has 0 unspecified atom stereocenters. The van der Waals surface area contributed by atoms with Gasteiger partial charge in [0.25, 0.3) is 0 Å². The fourth-order valence-electron chi connectivity index (χ4n) is 12.5. The van der Waals surface area contributed by atoms with Crippen LogP contribution in [0.15, 0.2) is 215 Å². The first-order chi connectivity index (χ1) is 38.9. The fourth-order valence-corrected chi connectivity index (χ4v) is 12.5. The Morgan fingerprint density at radius 3 is 0.863 bits per heavy atom. The number of aromatic nitrogens is 2. The molecule has 388 valence electrons. The molecule has 4 heteroatoms. The van der Waals surface area contributed by atoms with Crippen LogP contribution in [0.3, 0.4) is 0 Å². The predicted octanol–water partition coefficient (Wildman–Crippen LogP) is 22.2. The van der Waals surface area contributed by atoms with E-state index in [0.29, 0.717) is 23.7 Å². The molecule has 11 aromatic carbocycles. The van der Waals surface area contributed by atoms with Crippen LogP contribution in [0, 0.1) is 0 Å². The molecule has 4 nitrogen and oxygen atoms in total. The number of hydrogen-bond donors (Lipinski definition) is 0. The molecule has 0 N–H and O–H groups in total. The van der Waals surface area contributed by atoms with Crippen molar-refractivity contribution in [1.29, 1.82) is 0 Å². The van der Waals surface area contributed by atoms with E-state index in [9.17, 15) is 0 Å². The predicted molar refractivity (Wildman–Crippen MR) is 338 cm³/mol. The summed E-state index contributed by atoms with van der Waals surface area (Å²) in [5.41, 5.74) is 24.8. The molecule has 0 saturated carbocycles. The van der Waals surface area contributed by atoms with E-state index in [4.69, 9.17) is 18.8 Å². The van der Waals surface area contributed by atoms with Gasteiger partial charge in [0, 0.05) is 44.7 Å². The van der Waals surface area contributed by atoms with Crippen LogP contribution >= 0.6 is 0 Å². The monoisotopic (exact) mass is 1030 g/mol. The summed E-state index contributed by atoms with van der Waals surface area (Å²) in [6, 6.07) is 72.1. The summed E-state index contributed by atoms with van der Waals surface area (Å²) in [5, 5.41) is 9.18. The molecule has 0 fully saturated rings. The third-order valence-electron chi connectivity index (χ3n) is 16.8. The Labute approximate surface area is 467 Å². The van der Waals surface area contributed by atoms with Crippen molar-refractivity contribution in [2.24, 2.45) is 0 Å². The van der Waals surface area contributed by atoms with Gasteiger partial charge in [0.1, 0.15) is 22.3 Å². The summed E-state index contributed by atoms with van der Waals surface area (Å²) in [5.74, 6) is 1.33. The molecule has 3 heterocycles. The van der Waals surface area contributed by atoms with E-state index in [1.54, 1.807) is 12.4 Å². The van der Waals surface area contributed by atoms with Gasteiger partial charge < -0.3 is 8.83 Å². The second-order valence-corrected chi connectivity index (χ2v) is 23.3. The van der Waals surface area contributed by atoms with Gasteiger partial charge in [0.05, 0.1) is 11.0 Å². The van der Waals surface area contributed by atoms with Crippen molar-refractivity contribution in [2.75, 3.05) is 0 Å². The van der Waals surface area contributed by atoms with E-state index in [0.717, 1.165) is 77.2 Å². The van der Waals surface area contributed by atoms with Gasteiger partial charge in [0.15, 0.2) is 0 Å². The molecular weight excluding hydrogens is 973 g/mol. The maximum Gasteiger partial charge on any atom is 0.138 e. The minimum Gasteiger partial charge on any atom is -0.455 e. The molecule has 0 bridgehead atoms. The van der Waals surface area contributed by atoms with Gasteiger partial charge in [-0.2, -0.15) is 0 Å². The smallest absolute Gasteiger partial charge is 0.138 e. The molecule has 0 radical (unpaired) electrons. The average molecular weight is 1040 g/mol. The standard InChI is InChI=1S/C76H62N2O2/c1-43(2)59-23-13-25-63-69-41-57(39-65(45(5)6)75(69)79-73(59)63)53-21-11-17-49(35-53)47-15-9-19-51(33-47)55-27-29-61-67(37-55)68-38-56(28-30-62(68)72-71(61)77-31-32-78-72)52-20-10-16-48(34-52)50-18-12-22-54(36-50)58-40-66(46(7)8)76-70(42-58)64-26-14-24-60(44(3)4)74(64)80-76/h9-46H,1-8H3. The zero-order valence-electron chi connectivity index (χ0n) is 46.7. The highest BCUT2D eigenvalue weighted by molar-refractivity contribution is 6.24. The molecule has 0 amide bonds. The molecule has 0 aliphatic rings. The van der Waals surface area contributed by atoms with Gasteiger partial charge in [-0.3, -0.25) is 9.97 Å². The van der Waals surface area contributed by atoms with Gasteiger partial charge in [0.2, 0.25) is 0 Å². The first-order valence-corrected chi connectivity index (χ1v) is 28.4. The van der Waals surface area contributed by atoms with E-state index < -0.39 is 0 Å². The first kappa shape index (κ1) is 49.2. The number of rotatable bonds is 10. The average Bonchev–Trinajstić information content (AvgIpc) is 4.21. The van der Waals surface area contributed by atoms with Crippen molar-refractivity contribution in [2.45, 2.75) is 79.1 Å². The number of fused-ring (bicyclic) bond motifs is 12. The number of para-hydroxylation sites is 2. The summed E-state index contributed by atoms with van der Waals surface area (Å²) >= 11 is 0. The third-order valence-corrected chi connectivity index (χ3v) is 16.8. The van der Waals surface area contributed by atoms with E-state index in [-0.39, 0.29) is 0 Å². The molecule has 0 aliphatic carbocycles. The molecular formula is C76H62N2O2. The van der Waals surface area contributed by atoms with Crippen molar-refractivity contribution in [3.05, 3.63) is 229 Å². The maximum atomic E-state index is 6.73. The Morgan fingerprint density at radius 1 is 0.237 bits per heavy atom. The topological polar surface area (TPSA) is 52.1 Å². The highest BCUT2D eigenvalue weighted by Crippen LogP contribution is 2.44. The second kappa shape index (κ2) is 19.4. The number of nitrogens with zero attached hydrogens (tertiary/aromatic N) is 2. The molecule has 3 aromatic heterocycles. The highest BCUT2D eigenvalue weighted by Gasteiger charge is 2.22. The Kier molecular flexibility index (Phi) is 11.9. The molecule has 0 saturated heterocycles. The summed E-state index contributed by atoms with van der Waals surface area (Å²) in [6.45, 7) is 18.0. The van der Waals surface area contributed by atoms with E-state index in [1.165, 1.54) is 88.3 Å². The lowest BCUT2D eigenvalue weighted by molar-refractivity contribution is 0.646. The van der Waals surface area contributed by atoms with Crippen molar-refractivity contribution >= 4 is 76.5 Å². The third kappa shape index (κ3) is 8.27. The van der Waals surface area contributed by atoms with Gasteiger partial charge in [-0.05, 0) is 184 Å². The lowest BCUT2D eigenvalue weighted by Crippen LogP contribution is -1.91. The lowest BCUT2D eigenvalue weighted by atomic mass is 9.91. The Bertz CT molecular complexity index is 4490. The summed E-state index contributed by atoms with van der Waals surface area (Å²) in [4.78, 5) is 9.87. The van der Waals surface area contributed by atoms with Crippen molar-refractivity contribution < 1.29 is 8.83 Å². The van der Waals surface area contributed by atoms with Crippen LogP contribution < -0.4 is 0 Å². The highest BCUT2D eigenvalue weighted by atomic mass is 16.3. The quantitative estimate of drug-likeness (QED) is 0.128. The normalized spacial score (nSPS) is 12.2. The van der Waals surface area contributed by atoms with Crippen LogP contribution in [-0.2, 0) is 0 Å². The van der Waals surface area contributed by atoms with Crippen molar-refractivity contribution in [3.63, 3.8) is 0 Å². The maximum absolute atomic E-state index is 6.73. The van der Waals surface area contributed by atoms with Gasteiger partial charge in [-0.25, -0.2) is 0 Å².